The zero-order valence-electron chi connectivity index (χ0n) is 8.13. The minimum atomic E-state index is -0.0831. The molecule has 14 heavy (non-hydrogen) atoms. The summed E-state index contributed by atoms with van der Waals surface area (Å²) in [5.74, 6) is -0.0831. The van der Waals surface area contributed by atoms with Gasteiger partial charge in [-0.2, -0.15) is 0 Å². The van der Waals surface area contributed by atoms with Crippen molar-refractivity contribution in [1.82, 2.24) is 0 Å². The van der Waals surface area contributed by atoms with Crippen LogP contribution in [0.1, 0.15) is 12.5 Å². The summed E-state index contributed by atoms with van der Waals surface area (Å²) in [7, 11) is 0. The van der Waals surface area contributed by atoms with E-state index in [1.54, 1.807) is 17.4 Å². The fourth-order valence-corrected chi connectivity index (χ4v) is 3.32. The Bertz CT molecular complexity index is 460. The second kappa shape index (κ2) is 3.91. The summed E-state index contributed by atoms with van der Waals surface area (Å²) in [6.07, 6.45) is 2.81. The Kier molecular flexibility index (Phi) is 2.79. The Labute approximate surface area is 91.1 Å². The molecule has 0 atom stereocenters. The molecule has 1 aromatic heterocycles. The average molecular weight is 226 g/mol. The van der Waals surface area contributed by atoms with Gasteiger partial charge in [-0.3, -0.25) is 0 Å². The predicted octanol–water partition coefficient (Wildman–Crippen LogP) is 4.32. The number of thiophene rings is 1. The van der Waals surface area contributed by atoms with Crippen LogP contribution in [0.5, 0.6) is 0 Å². The lowest BCUT2D eigenvalue weighted by atomic mass is 10.1. The van der Waals surface area contributed by atoms with Crippen molar-refractivity contribution in [1.29, 1.82) is 0 Å². The zero-order chi connectivity index (χ0) is 10.1. The number of hydrogen-bond acceptors (Lipinski definition) is 2. The number of hydrogen-bond donors (Lipinski definition) is 0. The normalized spacial score (nSPS) is 11.1. The summed E-state index contributed by atoms with van der Waals surface area (Å²) in [5, 5.41) is 3.10. The third-order valence-electron chi connectivity index (χ3n) is 2.30. The molecule has 74 valence electrons. The minimum Gasteiger partial charge on any atom is -0.206 e. The molecule has 0 radical (unpaired) electrons. The van der Waals surface area contributed by atoms with E-state index in [0.29, 0.717) is 0 Å². The van der Waals surface area contributed by atoms with Crippen LogP contribution in [-0.4, -0.2) is 6.26 Å². The van der Waals surface area contributed by atoms with Gasteiger partial charge >= 0.3 is 0 Å². The standard InChI is InChI=1S/C11H11FS2/c1-3-7-6-9(12)11(13-2)8-4-5-14-10(7)8/h4-6H,3H2,1-2H3. The molecule has 0 unspecified atom stereocenters. The fraction of sp³-hybridized carbons (Fsp3) is 0.273. The molecule has 1 aromatic carbocycles. The lowest BCUT2D eigenvalue weighted by molar-refractivity contribution is 0.604. The molecule has 2 rings (SSSR count). The Morgan fingerprint density at radius 1 is 1.50 bits per heavy atom. The van der Waals surface area contributed by atoms with Crippen molar-refractivity contribution in [2.24, 2.45) is 0 Å². The van der Waals surface area contributed by atoms with E-state index in [2.05, 4.69) is 6.92 Å². The van der Waals surface area contributed by atoms with Crippen molar-refractivity contribution in [3.63, 3.8) is 0 Å². The van der Waals surface area contributed by atoms with Crippen molar-refractivity contribution >= 4 is 33.2 Å². The Hall–Kier alpha value is -0.540. The molecule has 0 saturated carbocycles. The van der Waals surface area contributed by atoms with E-state index in [4.69, 9.17) is 0 Å². The van der Waals surface area contributed by atoms with Crippen LogP contribution in [0.25, 0.3) is 10.1 Å². The van der Waals surface area contributed by atoms with Crippen molar-refractivity contribution in [3.05, 3.63) is 28.9 Å². The van der Waals surface area contributed by atoms with E-state index < -0.39 is 0 Å². The van der Waals surface area contributed by atoms with Crippen LogP contribution in [-0.2, 0) is 6.42 Å². The van der Waals surface area contributed by atoms with Crippen LogP contribution in [0.2, 0.25) is 0 Å². The number of aryl methyl sites for hydroxylation is 1. The van der Waals surface area contributed by atoms with Crippen LogP contribution in [0.15, 0.2) is 22.4 Å². The van der Waals surface area contributed by atoms with Crippen LogP contribution < -0.4 is 0 Å². The molecule has 0 nitrogen and oxygen atoms in total. The predicted molar refractivity (Wildman–Crippen MR) is 62.9 cm³/mol. The number of thioether (sulfide) groups is 1. The van der Waals surface area contributed by atoms with Crippen molar-refractivity contribution in [3.8, 4) is 0 Å². The molecule has 0 aliphatic heterocycles. The maximum atomic E-state index is 13.6. The van der Waals surface area contributed by atoms with Gasteiger partial charge in [0.15, 0.2) is 0 Å². The summed E-state index contributed by atoms with van der Waals surface area (Å²) in [6.45, 7) is 2.06. The summed E-state index contributed by atoms with van der Waals surface area (Å²) < 4.78 is 14.9. The maximum Gasteiger partial charge on any atom is 0.137 e. The quantitative estimate of drug-likeness (QED) is 0.687. The first kappa shape index (κ1) is 9.99. The molecule has 0 aliphatic carbocycles. The highest BCUT2D eigenvalue weighted by atomic mass is 32.2. The largest absolute Gasteiger partial charge is 0.206 e. The molecular formula is C11H11FS2. The second-order valence-corrected chi connectivity index (χ2v) is 4.80. The first-order valence-corrected chi connectivity index (χ1v) is 6.61. The van der Waals surface area contributed by atoms with Gasteiger partial charge in [-0.1, -0.05) is 6.92 Å². The van der Waals surface area contributed by atoms with Gasteiger partial charge in [0.2, 0.25) is 0 Å². The maximum absolute atomic E-state index is 13.6. The number of halogens is 1. The van der Waals surface area contributed by atoms with E-state index in [-0.39, 0.29) is 5.82 Å². The van der Waals surface area contributed by atoms with Crippen molar-refractivity contribution in [2.75, 3.05) is 6.26 Å². The van der Waals surface area contributed by atoms with Gasteiger partial charge in [0.05, 0.1) is 4.90 Å². The van der Waals surface area contributed by atoms with Gasteiger partial charge in [0, 0.05) is 10.1 Å². The lowest BCUT2D eigenvalue weighted by Gasteiger charge is -2.05. The van der Waals surface area contributed by atoms with Crippen molar-refractivity contribution in [2.45, 2.75) is 18.2 Å². The molecule has 0 aliphatic rings. The molecule has 3 heteroatoms. The molecule has 0 saturated heterocycles. The average Bonchev–Trinajstić information content (AvgIpc) is 2.65. The molecule has 0 amide bonds. The molecule has 0 bridgehead atoms. The minimum absolute atomic E-state index is 0.0831. The summed E-state index contributed by atoms with van der Waals surface area (Å²) >= 11 is 3.18. The smallest absolute Gasteiger partial charge is 0.137 e. The van der Waals surface area contributed by atoms with Crippen LogP contribution in [0.4, 0.5) is 4.39 Å². The third kappa shape index (κ3) is 1.44. The second-order valence-electron chi connectivity index (χ2n) is 3.07. The first-order valence-electron chi connectivity index (χ1n) is 4.50. The van der Waals surface area contributed by atoms with Crippen LogP contribution >= 0.6 is 23.1 Å². The van der Waals surface area contributed by atoms with E-state index in [0.717, 1.165) is 22.3 Å². The monoisotopic (exact) mass is 226 g/mol. The highest BCUT2D eigenvalue weighted by Gasteiger charge is 2.11. The van der Waals surface area contributed by atoms with Gasteiger partial charge < -0.3 is 0 Å². The molecule has 0 fully saturated rings. The highest BCUT2D eigenvalue weighted by molar-refractivity contribution is 7.98. The summed E-state index contributed by atoms with van der Waals surface area (Å²) in [6, 6.07) is 3.68. The van der Waals surface area contributed by atoms with Gasteiger partial charge in [0.1, 0.15) is 5.82 Å². The fourth-order valence-electron chi connectivity index (χ4n) is 1.62. The van der Waals surface area contributed by atoms with Crippen LogP contribution in [0, 0.1) is 5.82 Å². The van der Waals surface area contributed by atoms with E-state index >= 15 is 0 Å². The van der Waals surface area contributed by atoms with Crippen molar-refractivity contribution < 1.29 is 4.39 Å². The number of rotatable bonds is 2. The van der Waals surface area contributed by atoms with Gasteiger partial charge in [-0.25, -0.2) is 4.39 Å². The Morgan fingerprint density at radius 3 is 2.93 bits per heavy atom. The third-order valence-corrected chi connectivity index (χ3v) is 4.12. The number of fused-ring (bicyclic) bond motifs is 1. The lowest BCUT2D eigenvalue weighted by Crippen LogP contribution is -1.87. The summed E-state index contributed by atoms with van der Waals surface area (Å²) in [4.78, 5) is 0.776. The van der Waals surface area contributed by atoms with E-state index in [1.807, 2.05) is 17.7 Å². The summed E-state index contributed by atoms with van der Waals surface area (Å²) in [5.41, 5.74) is 1.12. The van der Waals surface area contributed by atoms with E-state index in [1.165, 1.54) is 16.5 Å². The van der Waals surface area contributed by atoms with Gasteiger partial charge in [-0.15, -0.1) is 23.1 Å². The van der Waals surface area contributed by atoms with Gasteiger partial charge in [0.25, 0.3) is 0 Å². The molecule has 1 heterocycles. The zero-order valence-corrected chi connectivity index (χ0v) is 9.77. The highest BCUT2D eigenvalue weighted by Crippen LogP contribution is 2.35. The van der Waals surface area contributed by atoms with E-state index in [9.17, 15) is 4.39 Å². The van der Waals surface area contributed by atoms with Crippen LogP contribution in [0.3, 0.4) is 0 Å². The molecular weight excluding hydrogens is 215 g/mol. The van der Waals surface area contributed by atoms with Gasteiger partial charge in [-0.05, 0) is 35.8 Å². The SMILES string of the molecule is CCc1cc(F)c(SC)c2ccsc12. The molecule has 2 aromatic rings. The first-order chi connectivity index (χ1) is 6.77. The number of benzene rings is 1. The molecule has 0 spiro atoms. The Morgan fingerprint density at radius 2 is 2.29 bits per heavy atom. The molecule has 0 N–H and O–H groups in total. The Balaban J connectivity index is 2.81. The topological polar surface area (TPSA) is 0 Å².